The number of Topliss-reactive ketones (excluding diaryl/α,β-unsaturated/α-hetero) is 1. The zero-order chi connectivity index (χ0) is 23.5. The number of methoxy groups -OCH3 is 2. The van der Waals surface area contributed by atoms with Crippen molar-refractivity contribution in [2.45, 2.75) is 13.0 Å². The van der Waals surface area contributed by atoms with Crippen LogP contribution < -0.4 is 14.8 Å². The van der Waals surface area contributed by atoms with Gasteiger partial charge in [-0.3, -0.25) is 4.79 Å². The van der Waals surface area contributed by atoms with Gasteiger partial charge in [0.15, 0.2) is 5.78 Å². The van der Waals surface area contributed by atoms with Gasteiger partial charge in [-0.1, -0.05) is 16.7 Å². The van der Waals surface area contributed by atoms with Crippen molar-refractivity contribution in [1.82, 2.24) is 20.2 Å². The van der Waals surface area contributed by atoms with Crippen LogP contribution in [0.15, 0.2) is 53.7 Å². The second kappa shape index (κ2) is 9.29. The molecule has 0 aliphatic carbocycles. The van der Waals surface area contributed by atoms with Gasteiger partial charge < -0.3 is 19.5 Å². The molecule has 2 heterocycles. The fourth-order valence-corrected chi connectivity index (χ4v) is 3.71. The molecule has 0 spiro atoms. The molecule has 33 heavy (non-hydrogen) atoms. The fourth-order valence-electron chi connectivity index (χ4n) is 3.59. The fraction of sp³-hybridized carbons (Fsp3) is 0.227. The maximum absolute atomic E-state index is 13.8. The van der Waals surface area contributed by atoms with E-state index in [4.69, 9.17) is 25.8 Å². The van der Waals surface area contributed by atoms with Crippen LogP contribution in [-0.4, -0.2) is 52.8 Å². The SMILES string of the molecule is CCOC(=O)C1=C(C(=O)c2ccc(Cl)cc2)[C@@H](c2cc(OC)ccc2OC)n2nnnc2N1. The average molecular weight is 470 g/mol. The lowest BCUT2D eigenvalue weighted by Gasteiger charge is -2.29. The maximum Gasteiger partial charge on any atom is 0.355 e. The quantitative estimate of drug-likeness (QED) is 0.411. The summed E-state index contributed by atoms with van der Waals surface area (Å²) in [6.07, 6.45) is 0. The van der Waals surface area contributed by atoms with Crippen molar-refractivity contribution in [2.75, 3.05) is 26.1 Å². The predicted molar refractivity (Wildman–Crippen MR) is 119 cm³/mol. The number of hydrogen-bond donors (Lipinski definition) is 1. The lowest BCUT2D eigenvalue weighted by molar-refractivity contribution is -0.138. The Morgan fingerprint density at radius 3 is 2.55 bits per heavy atom. The van der Waals surface area contributed by atoms with E-state index >= 15 is 0 Å². The van der Waals surface area contributed by atoms with Crippen LogP contribution in [0.2, 0.25) is 5.02 Å². The number of nitrogens with zero attached hydrogens (tertiary/aromatic N) is 4. The van der Waals surface area contributed by atoms with Gasteiger partial charge in [0.05, 0.1) is 26.4 Å². The summed E-state index contributed by atoms with van der Waals surface area (Å²) in [7, 11) is 3.03. The van der Waals surface area contributed by atoms with E-state index in [0.717, 1.165) is 0 Å². The first kappa shape index (κ1) is 22.3. The highest BCUT2D eigenvalue weighted by Gasteiger charge is 2.40. The second-order valence-corrected chi connectivity index (χ2v) is 7.36. The van der Waals surface area contributed by atoms with Crippen LogP contribution in [0.5, 0.6) is 11.5 Å². The summed E-state index contributed by atoms with van der Waals surface area (Å²) in [6.45, 7) is 1.79. The van der Waals surface area contributed by atoms with Crippen LogP contribution in [-0.2, 0) is 9.53 Å². The molecule has 0 unspecified atom stereocenters. The Labute approximate surface area is 194 Å². The number of tetrazole rings is 1. The molecule has 10 nitrogen and oxygen atoms in total. The van der Waals surface area contributed by atoms with E-state index in [9.17, 15) is 9.59 Å². The summed E-state index contributed by atoms with van der Waals surface area (Å²) in [5.41, 5.74) is 0.864. The number of anilines is 1. The van der Waals surface area contributed by atoms with Crippen molar-refractivity contribution >= 4 is 29.3 Å². The minimum atomic E-state index is -0.913. The standard InChI is InChI=1S/C22H20ClN5O5/c1-4-33-21(30)18-17(20(29)12-5-7-13(23)8-6-12)19(28-22(24-18)25-26-27-28)15-11-14(31-2)9-10-16(15)32-3/h5-11,19H,4H2,1-3H3,(H,24,25,27)/t19-/m1/s1. The number of rotatable bonds is 7. The van der Waals surface area contributed by atoms with Gasteiger partial charge in [-0.2, -0.15) is 4.68 Å². The number of ether oxygens (including phenoxy) is 3. The van der Waals surface area contributed by atoms with Crippen LogP contribution in [0.4, 0.5) is 5.95 Å². The molecule has 0 fully saturated rings. The van der Waals surface area contributed by atoms with E-state index in [2.05, 4.69) is 20.8 Å². The molecule has 1 aliphatic rings. The molecule has 1 aliphatic heterocycles. The van der Waals surface area contributed by atoms with E-state index in [1.165, 1.54) is 18.9 Å². The summed E-state index contributed by atoms with van der Waals surface area (Å²) in [5, 5.41) is 15.1. The molecule has 0 saturated carbocycles. The molecule has 1 N–H and O–H groups in total. The molecule has 0 radical (unpaired) electrons. The molecule has 4 rings (SSSR count). The van der Waals surface area contributed by atoms with Crippen molar-refractivity contribution in [3.63, 3.8) is 0 Å². The molecule has 1 aromatic heterocycles. The number of halogens is 1. The number of aromatic nitrogens is 4. The molecule has 1 atom stereocenters. The number of hydrogen-bond acceptors (Lipinski definition) is 9. The van der Waals surface area contributed by atoms with Gasteiger partial charge in [0.2, 0.25) is 5.95 Å². The summed E-state index contributed by atoms with van der Waals surface area (Å²) in [4.78, 5) is 26.7. The van der Waals surface area contributed by atoms with E-state index in [-0.39, 0.29) is 23.8 Å². The number of esters is 1. The number of benzene rings is 2. The molecule has 0 amide bonds. The van der Waals surface area contributed by atoms with Gasteiger partial charge in [-0.25, -0.2) is 4.79 Å². The van der Waals surface area contributed by atoms with Gasteiger partial charge in [-0.15, -0.1) is 0 Å². The third kappa shape index (κ3) is 4.12. The first-order valence-electron chi connectivity index (χ1n) is 9.96. The second-order valence-electron chi connectivity index (χ2n) is 6.93. The van der Waals surface area contributed by atoms with Gasteiger partial charge in [0, 0.05) is 16.1 Å². The van der Waals surface area contributed by atoms with E-state index < -0.39 is 17.8 Å². The molecule has 2 aromatic carbocycles. The number of allylic oxidation sites excluding steroid dienone is 1. The van der Waals surface area contributed by atoms with Crippen LogP contribution in [0, 0.1) is 0 Å². The first-order chi connectivity index (χ1) is 16.0. The van der Waals surface area contributed by atoms with Gasteiger partial charge in [0.25, 0.3) is 0 Å². The average Bonchev–Trinajstić information content (AvgIpc) is 3.31. The molecule has 11 heteroatoms. The van der Waals surface area contributed by atoms with Gasteiger partial charge in [0.1, 0.15) is 23.2 Å². The molecular formula is C22H20ClN5O5. The minimum Gasteiger partial charge on any atom is -0.497 e. The molecule has 3 aromatic rings. The van der Waals surface area contributed by atoms with Crippen LogP contribution >= 0.6 is 11.6 Å². The summed E-state index contributed by atoms with van der Waals surface area (Å²) >= 11 is 6.00. The van der Waals surface area contributed by atoms with Crippen molar-refractivity contribution in [2.24, 2.45) is 0 Å². The highest BCUT2D eigenvalue weighted by atomic mass is 35.5. The molecule has 0 bridgehead atoms. The van der Waals surface area contributed by atoms with E-state index in [1.54, 1.807) is 49.4 Å². The largest absolute Gasteiger partial charge is 0.497 e. The molecular weight excluding hydrogens is 450 g/mol. The Kier molecular flexibility index (Phi) is 6.27. The Bertz CT molecular complexity index is 1240. The van der Waals surface area contributed by atoms with Crippen LogP contribution in [0.1, 0.15) is 28.9 Å². The topological polar surface area (TPSA) is 117 Å². The van der Waals surface area contributed by atoms with E-state index in [1.807, 2.05) is 0 Å². The van der Waals surface area contributed by atoms with E-state index in [0.29, 0.717) is 27.6 Å². The number of carbonyl (C=O) groups is 2. The van der Waals surface area contributed by atoms with Crippen LogP contribution in [0.25, 0.3) is 0 Å². The normalized spacial score (nSPS) is 14.8. The third-order valence-corrected chi connectivity index (χ3v) is 5.33. The third-order valence-electron chi connectivity index (χ3n) is 5.08. The predicted octanol–water partition coefficient (Wildman–Crippen LogP) is 3.06. The molecule has 0 saturated heterocycles. The maximum atomic E-state index is 13.8. The van der Waals surface area contributed by atoms with Gasteiger partial charge >= 0.3 is 5.97 Å². The summed E-state index contributed by atoms with van der Waals surface area (Å²) in [6, 6.07) is 10.6. The number of fused-ring (bicyclic) bond motifs is 1. The highest BCUT2D eigenvalue weighted by molar-refractivity contribution is 6.30. The summed E-state index contributed by atoms with van der Waals surface area (Å²) in [5.74, 6) is -0.00144. The van der Waals surface area contributed by atoms with Crippen molar-refractivity contribution in [3.05, 3.63) is 69.9 Å². The zero-order valence-electron chi connectivity index (χ0n) is 18.0. The monoisotopic (exact) mass is 469 g/mol. The first-order valence-corrected chi connectivity index (χ1v) is 10.3. The lowest BCUT2D eigenvalue weighted by atomic mass is 9.88. The Morgan fingerprint density at radius 2 is 1.88 bits per heavy atom. The van der Waals surface area contributed by atoms with Crippen LogP contribution in [0.3, 0.4) is 0 Å². The zero-order valence-corrected chi connectivity index (χ0v) is 18.8. The molecule has 170 valence electrons. The number of carbonyl (C=O) groups excluding carboxylic acids is 2. The number of ketones is 1. The van der Waals surface area contributed by atoms with Gasteiger partial charge in [-0.05, 0) is 59.8 Å². The number of nitrogens with one attached hydrogen (secondary N) is 1. The minimum absolute atomic E-state index is 0.0611. The summed E-state index contributed by atoms with van der Waals surface area (Å²) < 4.78 is 17.6. The smallest absolute Gasteiger partial charge is 0.355 e. The lowest BCUT2D eigenvalue weighted by Crippen LogP contribution is -2.33. The van der Waals surface area contributed by atoms with Crippen molar-refractivity contribution in [1.29, 1.82) is 0 Å². The van der Waals surface area contributed by atoms with Crippen molar-refractivity contribution in [3.8, 4) is 11.5 Å². The Morgan fingerprint density at radius 1 is 1.12 bits per heavy atom. The highest BCUT2D eigenvalue weighted by Crippen LogP contribution is 2.41. The Balaban J connectivity index is 1.99. The van der Waals surface area contributed by atoms with Crippen molar-refractivity contribution < 1.29 is 23.8 Å². The Hall–Kier alpha value is -3.92.